The van der Waals surface area contributed by atoms with Crippen LogP contribution in [0.1, 0.15) is 28.4 Å². The van der Waals surface area contributed by atoms with Gasteiger partial charge in [0.15, 0.2) is 0 Å². The lowest BCUT2D eigenvalue weighted by Crippen LogP contribution is -2.21. The zero-order chi connectivity index (χ0) is 17.6. The number of aliphatic hydroxyl groups excluding tert-OH is 2. The van der Waals surface area contributed by atoms with E-state index < -0.39 is 35.9 Å². The van der Waals surface area contributed by atoms with E-state index in [9.17, 15) is 28.2 Å². The van der Waals surface area contributed by atoms with E-state index in [1.807, 2.05) is 0 Å². The number of carboxylic acid groups (broad SMARTS) is 1. The monoisotopic (exact) mass is 335 g/mol. The van der Waals surface area contributed by atoms with Gasteiger partial charge in [-0.3, -0.25) is 0 Å². The summed E-state index contributed by atoms with van der Waals surface area (Å²) in [5.74, 6) is -2.65. The molecule has 0 saturated carbocycles. The first-order chi connectivity index (χ1) is 10.7. The highest BCUT2D eigenvalue weighted by Gasteiger charge is 2.33. The smallest absolute Gasteiger partial charge is 0.478 e. The van der Waals surface area contributed by atoms with Crippen LogP contribution in [0.5, 0.6) is 5.75 Å². The van der Waals surface area contributed by atoms with Crippen molar-refractivity contribution in [2.75, 3.05) is 6.54 Å². The number of benzene rings is 1. The number of ether oxygens (including phenoxy) is 1. The quantitative estimate of drug-likeness (QED) is 0.399. The van der Waals surface area contributed by atoms with E-state index >= 15 is 0 Å². The fraction of sp³-hybridized carbons (Fsp3) is 0.417. The number of azide groups is 1. The van der Waals surface area contributed by atoms with Gasteiger partial charge >= 0.3 is 12.3 Å². The number of halogens is 3. The Hall–Kier alpha value is -2.49. The summed E-state index contributed by atoms with van der Waals surface area (Å²) in [6.07, 6.45) is -8.29. The molecule has 3 N–H and O–H groups in total. The number of hydrogen-bond acceptors (Lipinski definition) is 5. The lowest BCUT2D eigenvalue weighted by molar-refractivity contribution is -0.274. The van der Waals surface area contributed by atoms with Gasteiger partial charge in [0, 0.05) is 11.5 Å². The summed E-state index contributed by atoms with van der Waals surface area (Å²) in [4.78, 5) is 13.3. The van der Waals surface area contributed by atoms with Gasteiger partial charge < -0.3 is 20.1 Å². The van der Waals surface area contributed by atoms with Crippen LogP contribution in [0, 0.1) is 0 Å². The largest absolute Gasteiger partial charge is 0.573 e. The fourth-order valence-electron chi connectivity index (χ4n) is 1.72. The Balaban J connectivity index is 3.05. The van der Waals surface area contributed by atoms with Gasteiger partial charge in [0.25, 0.3) is 0 Å². The van der Waals surface area contributed by atoms with E-state index in [4.69, 9.17) is 10.6 Å². The number of carboxylic acids is 1. The molecule has 0 spiro atoms. The number of rotatable bonds is 7. The van der Waals surface area contributed by atoms with Crippen LogP contribution in [0.2, 0.25) is 0 Å². The van der Waals surface area contributed by atoms with E-state index in [1.165, 1.54) is 0 Å². The molecule has 0 bridgehead atoms. The van der Waals surface area contributed by atoms with Crippen molar-refractivity contribution in [2.45, 2.75) is 25.0 Å². The second-order valence-electron chi connectivity index (χ2n) is 4.36. The maximum Gasteiger partial charge on any atom is 0.573 e. The molecular weight excluding hydrogens is 323 g/mol. The second-order valence-corrected chi connectivity index (χ2v) is 4.36. The number of carbonyl (C=O) groups is 1. The number of hydrogen-bond donors (Lipinski definition) is 3. The van der Waals surface area contributed by atoms with E-state index in [0.29, 0.717) is 6.07 Å². The van der Waals surface area contributed by atoms with Gasteiger partial charge in [0.2, 0.25) is 0 Å². The number of nitrogens with zero attached hydrogens (tertiary/aromatic N) is 3. The maximum atomic E-state index is 12.3. The highest BCUT2D eigenvalue weighted by atomic mass is 19.4. The van der Waals surface area contributed by atoms with Crippen LogP contribution in [0.15, 0.2) is 23.3 Å². The van der Waals surface area contributed by atoms with E-state index in [2.05, 4.69) is 14.8 Å². The van der Waals surface area contributed by atoms with E-state index in [-0.39, 0.29) is 18.5 Å². The molecule has 2 atom stereocenters. The van der Waals surface area contributed by atoms with Crippen molar-refractivity contribution in [3.63, 3.8) is 0 Å². The first kappa shape index (κ1) is 18.6. The average Bonchev–Trinajstić information content (AvgIpc) is 2.44. The minimum Gasteiger partial charge on any atom is -0.478 e. The molecule has 0 aromatic heterocycles. The number of aliphatic hydroxyl groups is 2. The molecule has 0 radical (unpaired) electrons. The number of alkyl halides is 3. The third kappa shape index (κ3) is 5.66. The predicted octanol–water partition coefficient (Wildman–Crippen LogP) is 2.38. The molecule has 0 amide bonds. The third-order valence-electron chi connectivity index (χ3n) is 2.76. The molecule has 23 heavy (non-hydrogen) atoms. The topological polar surface area (TPSA) is 136 Å². The summed E-state index contributed by atoms with van der Waals surface area (Å²) in [6.45, 7) is -0.131. The molecule has 1 rings (SSSR count). The van der Waals surface area contributed by atoms with Crippen molar-refractivity contribution >= 4 is 5.97 Å². The van der Waals surface area contributed by atoms with Crippen LogP contribution in [-0.2, 0) is 0 Å². The maximum absolute atomic E-state index is 12.3. The normalized spacial score (nSPS) is 13.8. The minimum atomic E-state index is -5.12. The van der Waals surface area contributed by atoms with Crippen molar-refractivity contribution in [3.05, 3.63) is 39.8 Å². The van der Waals surface area contributed by atoms with E-state index in [0.717, 1.165) is 12.1 Å². The molecule has 0 aliphatic heterocycles. The molecule has 0 aliphatic carbocycles. The first-order valence-electron chi connectivity index (χ1n) is 6.15. The third-order valence-corrected chi connectivity index (χ3v) is 2.76. The van der Waals surface area contributed by atoms with E-state index in [1.54, 1.807) is 0 Å². The van der Waals surface area contributed by atoms with Gasteiger partial charge in [0.05, 0.1) is 6.10 Å². The highest BCUT2D eigenvalue weighted by Crippen LogP contribution is 2.30. The van der Waals surface area contributed by atoms with Gasteiger partial charge in [-0.2, -0.15) is 0 Å². The Labute approximate surface area is 127 Å². The van der Waals surface area contributed by atoms with Crippen LogP contribution in [0.3, 0.4) is 0 Å². The fourth-order valence-corrected chi connectivity index (χ4v) is 1.72. The summed E-state index contributed by atoms with van der Waals surface area (Å²) in [5.41, 5.74) is 7.17. The van der Waals surface area contributed by atoms with Crippen LogP contribution in [0.25, 0.3) is 10.4 Å². The highest BCUT2D eigenvalue weighted by molar-refractivity contribution is 5.91. The van der Waals surface area contributed by atoms with Crippen molar-refractivity contribution in [1.29, 1.82) is 0 Å². The second kappa shape index (κ2) is 7.68. The summed E-state index contributed by atoms with van der Waals surface area (Å²) < 4.78 is 40.5. The molecule has 126 valence electrons. The van der Waals surface area contributed by atoms with Crippen molar-refractivity contribution in [2.24, 2.45) is 5.11 Å². The lowest BCUT2D eigenvalue weighted by Gasteiger charge is -2.19. The molecule has 11 heteroatoms. The zero-order valence-corrected chi connectivity index (χ0v) is 11.4. The summed E-state index contributed by atoms with van der Waals surface area (Å²) >= 11 is 0. The SMILES string of the molecule is [N-]=[N+]=NCCC(O)C(O)c1ccc(C(=O)O)c(OC(F)(F)F)c1. The number of aromatic carboxylic acids is 1. The average molecular weight is 335 g/mol. The van der Waals surface area contributed by atoms with Gasteiger partial charge in [-0.05, 0) is 29.6 Å². The minimum absolute atomic E-state index is 0.131. The Morgan fingerprint density at radius 2 is 2.04 bits per heavy atom. The van der Waals surface area contributed by atoms with Crippen molar-refractivity contribution in [1.82, 2.24) is 0 Å². The molecular formula is C12H12F3N3O5. The zero-order valence-electron chi connectivity index (χ0n) is 11.4. The predicted molar refractivity (Wildman–Crippen MR) is 69.7 cm³/mol. The molecule has 0 heterocycles. The van der Waals surface area contributed by atoms with Gasteiger partial charge in [-0.15, -0.1) is 13.2 Å². The molecule has 2 unspecified atom stereocenters. The molecule has 1 aromatic rings. The van der Waals surface area contributed by atoms with Gasteiger partial charge in [-0.1, -0.05) is 11.2 Å². The summed E-state index contributed by atoms with van der Waals surface area (Å²) in [7, 11) is 0. The Morgan fingerprint density at radius 3 is 2.57 bits per heavy atom. The van der Waals surface area contributed by atoms with Crippen LogP contribution in [0.4, 0.5) is 13.2 Å². The Kier molecular flexibility index (Phi) is 6.19. The molecule has 0 saturated heterocycles. The van der Waals surface area contributed by atoms with Crippen molar-refractivity contribution < 1.29 is 38.0 Å². The standard InChI is InChI=1S/C12H12F3N3O5/c13-12(14,15)23-9-5-6(1-2-7(9)11(21)22)10(20)8(19)3-4-17-18-16/h1-2,5,8,10,19-20H,3-4H2,(H,21,22). The molecule has 1 aromatic carbocycles. The summed E-state index contributed by atoms with van der Waals surface area (Å²) in [5, 5.41) is 31.5. The van der Waals surface area contributed by atoms with Crippen LogP contribution < -0.4 is 4.74 Å². The Morgan fingerprint density at radius 1 is 1.39 bits per heavy atom. The van der Waals surface area contributed by atoms with Crippen molar-refractivity contribution in [3.8, 4) is 5.75 Å². The molecule has 0 fully saturated rings. The molecule has 8 nitrogen and oxygen atoms in total. The first-order valence-corrected chi connectivity index (χ1v) is 6.15. The lowest BCUT2D eigenvalue weighted by atomic mass is 10.00. The molecule has 0 aliphatic rings. The van der Waals surface area contributed by atoms with Crippen LogP contribution >= 0.6 is 0 Å². The van der Waals surface area contributed by atoms with Gasteiger partial charge in [0.1, 0.15) is 17.4 Å². The summed E-state index contributed by atoms with van der Waals surface area (Å²) in [6, 6.07) is 2.55. The van der Waals surface area contributed by atoms with Crippen LogP contribution in [-0.4, -0.2) is 40.3 Å². The van der Waals surface area contributed by atoms with Gasteiger partial charge in [-0.25, -0.2) is 4.79 Å². The Bertz CT molecular complexity index is 616.